The van der Waals surface area contributed by atoms with Crippen LogP contribution in [0, 0.1) is 6.92 Å². The van der Waals surface area contributed by atoms with Gasteiger partial charge in [0.1, 0.15) is 11.5 Å². The molecule has 0 saturated carbocycles. The Morgan fingerprint density at radius 2 is 1.81 bits per heavy atom. The van der Waals surface area contributed by atoms with E-state index in [4.69, 9.17) is 4.74 Å². The zero-order valence-corrected chi connectivity index (χ0v) is 14.4. The number of hydrogen-bond acceptors (Lipinski definition) is 2. The van der Waals surface area contributed by atoms with E-state index in [2.05, 4.69) is 53.3 Å². The van der Waals surface area contributed by atoms with E-state index in [1.54, 1.807) is 0 Å². The fourth-order valence-electron chi connectivity index (χ4n) is 2.37. The molecule has 2 nitrogen and oxygen atoms in total. The summed E-state index contributed by atoms with van der Waals surface area (Å²) in [6.07, 6.45) is 1.08. The maximum atomic E-state index is 5.95. The van der Waals surface area contributed by atoms with Crippen LogP contribution >= 0.6 is 15.9 Å². The lowest BCUT2D eigenvalue weighted by atomic mass is 10.0. The highest BCUT2D eigenvalue weighted by molar-refractivity contribution is 9.10. The molecule has 0 heterocycles. The number of halogens is 1. The van der Waals surface area contributed by atoms with E-state index < -0.39 is 0 Å². The van der Waals surface area contributed by atoms with Crippen LogP contribution in [-0.2, 0) is 0 Å². The summed E-state index contributed by atoms with van der Waals surface area (Å²) in [4.78, 5) is 0. The molecule has 0 aliphatic carbocycles. The fraction of sp³-hybridized carbons (Fsp3) is 0.333. The highest BCUT2D eigenvalue weighted by atomic mass is 79.9. The van der Waals surface area contributed by atoms with E-state index in [0.29, 0.717) is 6.04 Å². The number of ether oxygens (including phenoxy) is 1. The number of benzene rings is 2. The lowest BCUT2D eigenvalue weighted by Gasteiger charge is -2.17. The minimum Gasteiger partial charge on any atom is -0.457 e. The summed E-state index contributed by atoms with van der Waals surface area (Å²) in [5, 5.41) is 3.49. The van der Waals surface area contributed by atoms with Crippen molar-refractivity contribution in [2.45, 2.75) is 33.2 Å². The summed E-state index contributed by atoms with van der Waals surface area (Å²) in [5.74, 6) is 1.76. The van der Waals surface area contributed by atoms with Gasteiger partial charge in [0, 0.05) is 10.5 Å². The van der Waals surface area contributed by atoms with Crippen LogP contribution in [0.2, 0.25) is 0 Å². The van der Waals surface area contributed by atoms with Gasteiger partial charge in [0.15, 0.2) is 0 Å². The highest BCUT2D eigenvalue weighted by Crippen LogP contribution is 2.28. The average molecular weight is 348 g/mol. The van der Waals surface area contributed by atoms with Gasteiger partial charge in [0.2, 0.25) is 0 Å². The van der Waals surface area contributed by atoms with Crippen LogP contribution in [0.4, 0.5) is 0 Å². The first-order valence-corrected chi connectivity index (χ1v) is 8.20. The Morgan fingerprint density at radius 1 is 1.10 bits per heavy atom. The van der Waals surface area contributed by atoms with Gasteiger partial charge in [-0.3, -0.25) is 0 Å². The molecule has 0 aliphatic heterocycles. The van der Waals surface area contributed by atoms with Crippen LogP contribution < -0.4 is 10.1 Å². The first-order valence-electron chi connectivity index (χ1n) is 7.41. The molecular weight excluding hydrogens is 326 g/mol. The van der Waals surface area contributed by atoms with Crippen LogP contribution in [0.15, 0.2) is 46.9 Å². The van der Waals surface area contributed by atoms with Gasteiger partial charge in [0.05, 0.1) is 0 Å². The maximum Gasteiger partial charge on any atom is 0.130 e. The largest absolute Gasteiger partial charge is 0.457 e. The minimum atomic E-state index is 0.415. The van der Waals surface area contributed by atoms with Crippen molar-refractivity contribution in [2.24, 2.45) is 0 Å². The van der Waals surface area contributed by atoms with Gasteiger partial charge < -0.3 is 10.1 Å². The molecule has 112 valence electrons. The van der Waals surface area contributed by atoms with Crippen molar-refractivity contribution < 1.29 is 4.74 Å². The molecule has 1 atom stereocenters. The van der Waals surface area contributed by atoms with Crippen LogP contribution in [0.3, 0.4) is 0 Å². The number of aryl methyl sites for hydroxylation is 1. The van der Waals surface area contributed by atoms with E-state index in [1.807, 2.05) is 31.2 Å². The molecule has 21 heavy (non-hydrogen) atoms. The average Bonchev–Trinajstić information content (AvgIpc) is 2.48. The molecule has 0 aliphatic rings. The molecule has 2 rings (SSSR count). The molecule has 0 bridgehead atoms. The van der Waals surface area contributed by atoms with Gasteiger partial charge in [-0.05, 0) is 61.3 Å². The predicted octanol–water partition coefficient (Wildman–Crippen LogP) is 5.61. The Balaban J connectivity index is 2.11. The van der Waals surface area contributed by atoms with Crippen LogP contribution in [0.5, 0.6) is 11.5 Å². The zero-order valence-electron chi connectivity index (χ0n) is 12.8. The van der Waals surface area contributed by atoms with Gasteiger partial charge in [-0.2, -0.15) is 0 Å². The second kappa shape index (κ2) is 7.62. The third-order valence-corrected chi connectivity index (χ3v) is 4.00. The fourth-order valence-corrected chi connectivity index (χ4v) is 2.84. The van der Waals surface area contributed by atoms with Crippen LogP contribution in [0.1, 0.15) is 37.4 Å². The van der Waals surface area contributed by atoms with Gasteiger partial charge in [-0.25, -0.2) is 0 Å². The molecule has 0 saturated heterocycles. The van der Waals surface area contributed by atoms with Crippen LogP contribution in [0.25, 0.3) is 0 Å². The van der Waals surface area contributed by atoms with E-state index in [1.165, 1.54) is 5.56 Å². The third kappa shape index (κ3) is 4.32. The lowest BCUT2D eigenvalue weighted by Crippen LogP contribution is -2.19. The maximum absolute atomic E-state index is 5.95. The van der Waals surface area contributed by atoms with E-state index in [-0.39, 0.29) is 0 Å². The lowest BCUT2D eigenvalue weighted by molar-refractivity contribution is 0.477. The quantitative estimate of drug-likeness (QED) is 0.733. The molecule has 3 heteroatoms. The summed E-state index contributed by atoms with van der Waals surface area (Å²) >= 11 is 3.47. The standard InChI is InChI=1S/C18H22BrNO/c1-4-17(20-5-2)14-6-9-16(10-7-14)21-18-11-8-15(19)12-13(18)3/h6-12,17,20H,4-5H2,1-3H3. The third-order valence-electron chi connectivity index (χ3n) is 3.51. The van der Waals surface area contributed by atoms with Gasteiger partial charge in [-0.15, -0.1) is 0 Å². The van der Waals surface area contributed by atoms with Crippen molar-refractivity contribution in [2.75, 3.05) is 6.54 Å². The second-order valence-corrected chi connectivity index (χ2v) is 6.02. The molecular formula is C18H22BrNO. The van der Waals surface area contributed by atoms with E-state index in [9.17, 15) is 0 Å². The summed E-state index contributed by atoms with van der Waals surface area (Å²) < 4.78 is 7.02. The molecule has 0 spiro atoms. The molecule has 0 radical (unpaired) electrons. The Morgan fingerprint density at radius 3 is 2.38 bits per heavy atom. The van der Waals surface area contributed by atoms with Crippen molar-refractivity contribution in [3.05, 3.63) is 58.1 Å². The zero-order chi connectivity index (χ0) is 15.2. The van der Waals surface area contributed by atoms with Crippen molar-refractivity contribution in [3.63, 3.8) is 0 Å². The molecule has 0 amide bonds. The SMILES string of the molecule is CCNC(CC)c1ccc(Oc2ccc(Br)cc2C)cc1. The number of nitrogens with one attached hydrogen (secondary N) is 1. The molecule has 1 unspecified atom stereocenters. The van der Waals surface area contributed by atoms with Crippen molar-refractivity contribution in [3.8, 4) is 11.5 Å². The molecule has 2 aromatic carbocycles. The summed E-state index contributed by atoms with van der Waals surface area (Å²) in [6, 6.07) is 14.8. The van der Waals surface area contributed by atoms with Gasteiger partial charge in [0.25, 0.3) is 0 Å². The summed E-state index contributed by atoms with van der Waals surface area (Å²) in [5.41, 5.74) is 2.42. The summed E-state index contributed by atoms with van der Waals surface area (Å²) in [7, 11) is 0. The van der Waals surface area contributed by atoms with E-state index >= 15 is 0 Å². The first-order chi connectivity index (χ1) is 10.1. The monoisotopic (exact) mass is 347 g/mol. The van der Waals surface area contributed by atoms with E-state index in [0.717, 1.165) is 34.5 Å². The first kappa shape index (κ1) is 16.1. The minimum absolute atomic E-state index is 0.415. The topological polar surface area (TPSA) is 21.3 Å². The van der Waals surface area contributed by atoms with Crippen molar-refractivity contribution in [1.82, 2.24) is 5.32 Å². The molecule has 0 fully saturated rings. The Kier molecular flexibility index (Phi) is 5.83. The smallest absolute Gasteiger partial charge is 0.130 e. The predicted molar refractivity (Wildman–Crippen MR) is 92.1 cm³/mol. The normalized spacial score (nSPS) is 12.2. The van der Waals surface area contributed by atoms with Gasteiger partial charge >= 0.3 is 0 Å². The highest BCUT2D eigenvalue weighted by Gasteiger charge is 2.08. The summed E-state index contributed by atoms with van der Waals surface area (Å²) in [6.45, 7) is 7.36. The Labute approximate surface area is 135 Å². The molecule has 1 N–H and O–H groups in total. The van der Waals surface area contributed by atoms with Crippen molar-refractivity contribution >= 4 is 15.9 Å². The molecule has 0 aromatic heterocycles. The Bertz CT molecular complexity index is 580. The second-order valence-electron chi connectivity index (χ2n) is 5.10. The molecule has 2 aromatic rings. The van der Waals surface area contributed by atoms with Crippen LogP contribution in [-0.4, -0.2) is 6.54 Å². The van der Waals surface area contributed by atoms with Gasteiger partial charge in [-0.1, -0.05) is 41.9 Å². The Hall–Kier alpha value is -1.32. The van der Waals surface area contributed by atoms with Crippen molar-refractivity contribution in [1.29, 1.82) is 0 Å². The number of hydrogen-bond donors (Lipinski definition) is 1. The number of rotatable bonds is 6.